The number of aryl methyl sites for hydroxylation is 1. The van der Waals surface area contributed by atoms with Crippen molar-refractivity contribution in [2.24, 2.45) is 0 Å². The maximum Gasteiger partial charge on any atom is 0.174 e. The second kappa shape index (κ2) is 6.11. The van der Waals surface area contributed by atoms with Gasteiger partial charge in [-0.25, -0.2) is 0 Å². The summed E-state index contributed by atoms with van der Waals surface area (Å²) in [6, 6.07) is 6.73. The number of rotatable bonds is 4. The maximum atomic E-state index is 5.32. The molecular formula is C14H17N3OS2. The van der Waals surface area contributed by atoms with Crippen LogP contribution in [0.2, 0.25) is 0 Å². The molecule has 1 aliphatic rings. The van der Waals surface area contributed by atoms with Gasteiger partial charge in [-0.3, -0.25) is 0 Å². The Morgan fingerprint density at radius 1 is 1.45 bits per heavy atom. The van der Waals surface area contributed by atoms with Gasteiger partial charge in [0.2, 0.25) is 0 Å². The van der Waals surface area contributed by atoms with Crippen LogP contribution in [-0.2, 0) is 6.42 Å². The van der Waals surface area contributed by atoms with Crippen LogP contribution in [0.5, 0.6) is 5.75 Å². The number of nitrogens with one attached hydrogen (secondary N) is 1. The molecule has 6 heteroatoms. The van der Waals surface area contributed by atoms with Crippen molar-refractivity contribution >= 4 is 23.1 Å². The van der Waals surface area contributed by atoms with Gasteiger partial charge < -0.3 is 10.1 Å². The second-order valence-corrected chi connectivity index (χ2v) is 7.05. The molecule has 0 spiro atoms. The second-order valence-electron chi connectivity index (χ2n) is 4.73. The SMILES string of the molecule is CNC1c2ccc(OC)cc2CCC1Sc1nncs1. The van der Waals surface area contributed by atoms with Crippen molar-refractivity contribution in [1.29, 1.82) is 0 Å². The first-order chi connectivity index (χ1) is 9.81. The minimum atomic E-state index is 0.346. The van der Waals surface area contributed by atoms with E-state index in [1.165, 1.54) is 11.1 Å². The zero-order valence-electron chi connectivity index (χ0n) is 11.5. The van der Waals surface area contributed by atoms with Crippen LogP contribution in [0.1, 0.15) is 23.6 Å². The quantitative estimate of drug-likeness (QED) is 0.941. The predicted molar refractivity (Wildman–Crippen MR) is 82.7 cm³/mol. The third-order valence-electron chi connectivity index (χ3n) is 3.66. The molecule has 2 aromatic rings. The fourth-order valence-electron chi connectivity index (χ4n) is 2.71. The average molecular weight is 307 g/mol. The lowest BCUT2D eigenvalue weighted by molar-refractivity contribution is 0.412. The van der Waals surface area contributed by atoms with Gasteiger partial charge in [0.05, 0.1) is 7.11 Å². The lowest BCUT2D eigenvalue weighted by Crippen LogP contribution is -2.32. The Hall–Kier alpha value is -1.11. The van der Waals surface area contributed by atoms with E-state index >= 15 is 0 Å². The summed E-state index contributed by atoms with van der Waals surface area (Å²) in [4.78, 5) is 0. The van der Waals surface area contributed by atoms with Crippen molar-refractivity contribution in [2.45, 2.75) is 28.5 Å². The first-order valence-electron chi connectivity index (χ1n) is 6.58. The van der Waals surface area contributed by atoms with Crippen LogP contribution >= 0.6 is 23.1 Å². The maximum absolute atomic E-state index is 5.32. The van der Waals surface area contributed by atoms with E-state index in [0.29, 0.717) is 11.3 Å². The summed E-state index contributed by atoms with van der Waals surface area (Å²) in [6.07, 6.45) is 2.22. The average Bonchev–Trinajstić information content (AvgIpc) is 2.99. The highest BCUT2D eigenvalue weighted by atomic mass is 32.2. The fraction of sp³-hybridized carbons (Fsp3) is 0.429. The Labute approximate surface area is 127 Å². The molecule has 0 amide bonds. The highest BCUT2D eigenvalue weighted by Gasteiger charge is 2.30. The van der Waals surface area contributed by atoms with Crippen LogP contribution in [-0.4, -0.2) is 29.6 Å². The molecule has 0 fully saturated rings. The monoisotopic (exact) mass is 307 g/mol. The smallest absolute Gasteiger partial charge is 0.174 e. The molecule has 3 rings (SSSR count). The van der Waals surface area contributed by atoms with Crippen molar-refractivity contribution in [3.63, 3.8) is 0 Å². The molecule has 2 atom stereocenters. The molecule has 1 heterocycles. The van der Waals surface area contributed by atoms with E-state index in [2.05, 4.69) is 27.6 Å². The predicted octanol–water partition coefficient (Wildman–Crippen LogP) is 2.91. The summed E-state index contributed by atoms with van der Waals surface area (Å²) in [5.74, 6) is 0.939. The van der Waals surface area contributed by atoms with Crippen molar-refractivity contribution in [3.8, 4) is 5.75 Å². The summed E-state index contributed by atoms with van der Waals surface area (Å²) in [5, 5.41) is 12.0. The first-order valence-corrected chi connectivity index (χ1v) is 8.34. The Kier molecular flexibility index (Phi) is 4.24. The normalized spacial score (nSPS) is 21.5. The van der Waals surface area contributed by atoms with Gasteiger partial charge in [0.25, 0.3) is 0 Å². The third kappa shape index (κ3) is 2.68. The van der Waals surface area contributed by atoms with E-state index in [-0.39, 0.29) is 0 Å². The van der Waals surface area contributed by atoms with Gasteiger partial charge >= 0.3 is 0 Å². The van der Waals surface area contributed by atoms with E-state index in [1.807, 2.05) is 24.9 Å². The zero-order chi connectivity index (χ0) is 13.9. The lowest BCUT2D eigenvalue weighted by Gasteiger charge is -2.32. The van der Waals surface area contributed by atoms with E-state index in [1.54, 1.807) is 24.0 Å². The summed E-state index contributed by atoms with van der Waals surface area (Å²) < 4.78 is 6.37. The van der Waals surface area contributed by atoms with Gasteiger partial charge in [-0.05, 0) is 43.1 Å². The van der Waals surface area contributed by atoms with Gasteiger partial charge in [0, 0.05) is 11.3 Å². The minimum absolute atomic E-state index is 0.346. The molecule has 106 valence electrons. The van der Waals surface area contributed by atoms with Crippen LogP contribution in [0, 0.1) is 0 Å². The molecule has 4 nitrogen and oxygen atoms in total. The van der Waals surface area contributed by atoms with E-state index in [9.17, 15) is 0 Å². The van der Waals surface area contributed by atoms with Crippen molar-refractivity contribution in [1.82, 2.24) is 15.5 Å². The molecule has 0 radical (unpaired) electrons. The van der Waals surface area contributed by atoms with Gasteiger partial charge in [-0.2, -0.15) is 0 Å². The third-order valence-corrected chi connectivity index (χ3v) is 5.81. The van der Waals surface area contributed by atoms with Crippen molar-refractivity contribution < 1.29 is 4.74 Å². The highest BCUT2D eigenvalue weighted by Crippen LogP contribution is 2.41. The summed E-state index contributed by atoms with van der Waals surface area (Å²) in [5.41, 5.74) is 4.55. The lowest BCUT2D eigenvalue weighted by atomic mass is 9.87. The number of benzene rings is 1. The van der Waals surface area contributed by atoms with Gasteiger partial charge in [-0.1, -0.05) is 29.2 Å². The molecule has 0 bridgehead atoms. The molecule has 0 saturated carbocycles. The van der Waals surface area contributed by atoms with E-state index < -0.39 is 0 Å². The highest BCUT2D eigenvalue weighted by molar-refractivity contribution is 8.01. The van der Waals surface area contributed by atoms with Crippen LogP contribution in [0.25, 0.3) is 0 Å². The molecule has 1 aromatic heterocycles. The van der Waals surface area contributed by atoms with Crippen LogP contribution in [0.15, 0.2) is 28.0 Å². The molecular weight excluding hydrogens is 290 g/mol. The summed E-state index contributed by atoms with van der Waals surface area (Å²) in [7, 11) is 3.74. The summed E-state index contributed by atoms with van der Waals surface area (Å²) >= 11 is 3.44. The number of hydrogen-bond acceptors (Lipinski definition) is 6. The molecule has 2 unspecified atom stereocenters. The molecule has 0 aliphatic heterocycles. The molecule has 1 N–H and O–H groups in total. The standard InChI is InChI=1S/C14H17N3OS2/c1-15-13-11-5-4-10(18-2)7-9(11)3-6-12(13)20-14-17-16-8-19-14/h4-5,7-8,12-13,15H,3,6H2,1-2H3. The van der Waals surface area contributed by atoms with Crippen LogP contribution in [0.4, 0.5) is 0 Å². The van der Waals surface area contributed by atoms with Crippen molar-refractivity contribution in [3.05, 3.63) is 34.8 Å². The first kappa shape index (κ1) is 13.9. The molecule has 1 aromatic carbocycles. The van der Waals surface area contributed by atoms with E-state index in [0.717, 1.165) is 22.9 Å². The number of ether oxygens (including phenoxy) is 1. The molecule has 20 heavy (non-hydrogen) atoms. The number of thioether (sulfide) groups is 1. The molecule has 0 saturated heterocycles. The van der Waals surface area contributed by atoms with E-state index in [4.69, 9.17) is 4.74 Å². The topological polar surface area (TPSA) is 47.0 Å². The number of aromatic nitrogens is 2. The zero-order valence-corrected chi connectivity index (χ0v) is 13.1. The fourth-order valence-corrected chi connectivity index (χ4v) is 4.71. The Morgan fingerprint density at radius 3 is 3.05 bits per heavy atom. The van der Waals surface area contributed by atoms with Gasteiger partial charge in [0.1, 0.15) is 11.3 Å². The van der Waals surface area contributed by atoms with Gasteiger partial charge in [0.15, 0.2) is 4.34 Å². The molecule has 1 aliphatic carbocycles. The van der Waals surface area contributed by atoms with Crippen LogP contribution < -0.4 is 10.1 Å². The largest absolute Gasteiger partial charge is 0.497 e. The number of methoxy groups -OCH3 is 1. The number of nitrogens with zero attached hydrogens (tertiary/aromatic N) is 2. The summed E-state index contributed by atoms with van der Waals surface area (Å²) in [6.45, 7) is 0. The Balaban J connectivity index is 1.85. The van der Waals surface area contributed by atoms with Crippen molar-refractivity contribution in [2.75, 3.05) is 14.2 Å². The van der Waals surface area contributed by atoms with Gasteiger partial charge in [-0.15, -0.1) is 10.2 Å². The van der Waals surface area contributed by atoms with Crippen LogP contribution in [0.3, 0.4) is 0 Å². The Morgan fingerprint density at radius 2 is 2.35 bits per heavy atom. The number of fused-ring (bicyclic) bond motifs is 1. The Bertz CT molecular complexity index is 574. The number of hydrogen-bond donors (Lipinski definition) is 1. The minimum Gasteiger partial charge on any atom is -0.497 e.